The van der Waals surface area contributed by atoms with Crippen molar-refractivity contribution in [3.63, 3.8) is 0 Å². The Morgan fingerprint density at radius 2 is 1.55 bits per heavy atom. The fourth-order valence-corrected chi connectivity index (χ4v) is 2.99. The minimum absolute atomic E-state index is 0.0171. The fourth-order valence-electron chi connectivity index (χ4n) is 2.99. The maximum absolute atomic E-state index is 6.10. The zero-order valence-electron chi connectivity index (χ0n) is 14.2. The van der Waals surface area contributed by atoms with Gasteiger partial charge >= 0.3 is 7.12 Å². The topological polar surface area (TPSA) is 27.7 Å². The second-order valence-corrected chi connectivity index (χ2v) is 7.42. The molecule has 0 aromatic heterocycles. The Labute approximate surface area is 133 Å². The Hall–Kier alpha value is -1.26. The Kier molecular flexibility index (Phi) is 3.46. The summed E-state index contributed by atoms with van der Waals surface area (Å²) in [7, 11) is 1.39. The summed E-state index contributed by atoms with van der Waals surface area (Å²) in [5.74, 6) is 0.857. The van der Waals surface area contributed by atoms with E-state index < -0.39 is 0 Å². The van der Waals surface area contributed by atoms with E-state index in [1.165, 1.54) is 5.56 Å². The maximum Gasteiger partial charge on any atom is 0.494 e. The summed E-state index contributed by atoms with van der Waals surface area (Å²) in [6.45, 7) is 12.3. The molecule has 0 amide bonds. The molecule has 3 nitrogen and oxygen atoms in total. The highest BCUT2D eigenvalue weighted by Gasteiger charge is 2.52. The SMILES string of the molecule is C=C(OC)C1(c2ccc(B3OC(C)(C)C(C)(C)O3)cc2)CC1. The molecule has 3 rings (SSSR count). The predicted molar refractivity (Wildman–Crippen MR) is 89.2 cm³/mol. The maximum atomic E-state index is 6.10. The highest BCUT2D eigenvalue weighted by molar-refractivity contribution is 6.62. The van der Waals surface area contributed by atoms with Crippen molar-refractivity contribution in [3.8, 4) is 0 Å². The highest BCUT2D eigenvalue weighted by Crippen LogP contribution is 2.53. The van der Waals surface area contributed by atoms with Crippen LogP contribution < -0.4 is 5.46 Å². The molecular weight excluding hydrogens is 275 g/mol. The average Bonchev–Trinajstić information content (AvgIpc) is 3.23. The van der Waals surface area contributed by atoms with Crippen LogP contribution in [0.3, 0.4) is 0 Å². The molecule has 0 spiro atoms. The number of hydrogen-bond donors (Lipinski definition) is 0. The minimum atomic E-state index is -0.307. The van der Waals surface area contributed by atoms with Gasteiger partial charge in [-0.05, 0) is 51.6 Å². The number of rotatable bonds is 4. The van der Waals surface area contributed by atoms with E-state index in [2.05, 4.69) is 58.5 Å². The van der Waals surface area contributed by atoms with Gasteiger partial charge in [-0.1, -0.05) is 30.8 Å². The van der Waals surface area contributed by atoms with Crippen LogP contribution >= 0.6 is 0 Å². The standard InChI is InChI=1S/C18H25BO3/c1-13(20-6)18(11-12-18)14-7-9-15(10-8-14)19-21-16(2,3)17(4,5)22-19/h7-10H,1,11-12H2,2-6H3. The lowest BCUT2D eigenvalue weighted by Gasteiger charge is -2.32. The number of hydrogen-bond acceptors (Lipinski definition) is 3. The van der Waals surface area contributed by atoms with Gasteiger partial charge in [0.05, 0.1) is 29.5 Å². The van der Waals surface area contributed by atoms with Gasteiger partial charge in [-0.15, -0.1) is 0 Å². The molecule has 1 saturated carbocycles. The van der Waals surface area contributed by atoms with E-state index in [4.69, 9.17) is 14.0 Å². The molecule has 0 radical (unpaired) electrons. The van der Waals surface area contributed by atoms with E-state index in [1.54, 1.807) is 7.11 Å². The van der Waals surface area contributed by atoms with Crippen LogP contribution in [0.5, 0.6) is 0 Å². The second kappa shape index (κ2) is 4.87. The van der Waals surface area contributed by atoms with Gasteiger partial charge in [0, 0.05) is 0 Å². The first-order valence-electron chi connectivity index (χ1n) is 7.91. The summed E-state index contributed by atoms with van der Waals surface area (Å²) in [5.41, 5.74) is 1.72. The van der Waals surface area contributed by atoms with Crippen LogP contribution in [0.1, 0.15) is 46.1 Å². The molecule has 1 saturated heterocycles. The molecule has 1 aliphatic heterocycles. The quantitative estimate of drug-likeness (QED) is 0.631. The Balaban J connectivity index is 1.81. The fraction of sp³-hybridized carbons (Fsp3) is 0.556. The summed E-state index contributed by atoms with van der Waals surface area (Å²) in [4.78, 5) is 0. The number of allylic oxidation sites excluding steroid dienone is 1. The van der Waals surface area contributed by atoms with Crippen molar-refractivity contribution >= 4 is 12.6 Å². The summed E-state index contributed by atoms with van der Waals surface area (Å²) >= 11 is 0. The van der Waals surface area contributed by atoms with Gasteiger partial charge in [0.2, 0.25) is 0 Å². The Morgan fingerprint density at radius 3 is 1.95 bits per heavy atom. The molecule has 0 unspecified atom stereocenters. The van der Waals surface area contributed by atoms with Crippen molar-refractivity contribution < 1.29 is 14.0 Å². The van der Waals surface area contributed by atoms with Crippen LogP contribution in [0.15, 0.2) is 36.6 Å². The molecule has 4 heteroatoms. The Morgan fingerprint density at radius 1 is 1.05 bits per heavy atom. The molecule has 118 valence electrons. The minimum Gasteiger partial charge on any atom is -0.501 e. The molecule has 2 aliphatic rings. The van der Waals surface area contributed by atoms with Crippen LogP contribution in [0.4, 0.5) is 0 Å². The number of methoxy groups -OCH3 is 1. The van der Waals surface area contributed by atoms with Gasteiger partial charge < -0.3 is 14.0 Å². The summed E-state index contributed by atoms with van der Waals surface area (Å²) in [6, 6.07) is 8.50. The summed E-state index contributed by atoms with van der Waals surface area (Å²) in [5, 5.41) is 0. The first-order valence-corrected chi connectivity index (χ1v) is 7.91. The van der Waals surface area contributed by atoms with E-state index in [-0.39, 0.29) is 23.7 Å². The zero-order valence-corrected chi connectivity index (χ0v) is 14.2. The molecule has 1 aliphatic carbocycles. The molecule has 0 N–H and O–H groups in total. The van der Waals surface area contributed by atoms with Crippen molar-refractivity contribution in [1.82, 2.24) is 0 Å². The van der Waals surface area contributed by atoms with E-state index >= 15 is 0 Å². The highest BCUT2D eigenvalue weighted by atomic mass is 16.7. The molecule has 1 aromatic rings. The van der Waals surface area contributed by atoms with Crippen molar-refractivity contribution in [2.24, 2.45) is 0 Å². The third-order valence-electron chi connectivity index (χ3n) is 5.52. The van der Waals surface area contributed by atoms with Crippen LogP contribution in [0, 0.1) is 0 Å². The van der Waals surface area contributed by atoms with Gasteiger partial charge in [-0.3, -0.25) is 0 Å². The lowest BCUT2D eigenvalue weighted by atomic mass is 9.78. The number of ether oxygens (including phenoxy) is 1. The van der Waals surface area contributed by atoms with Gasteiger partial charge in [-0.25, -0.2) is 0 Å². The van der Waals surface area contributed by atoms with Crippen LogP contribution in [0.25, 0.3) is 0 Å². The van der Waals surface area contributed by atoms with E-state index in [9.17, 15) is 0 Å². The first kappa shape index (κ1) is 15.6. The molecule has 0 atom stereocenters. The lowest BCUT2D eigenvalue weighted by Crippen LogP contribution is -2.41. The third-order valence-corrected chi connectivity index (χ3v) is 5.52. The van der Waals surface area contributed by atoms with Gasteiger partial charge in [-0.2, -0.15) is 0 Å². The lowest BCUT2D eigenvalue weighted by molar-refractivity contribution is 0.00578. The third kappa shape index (κ3) is 2.29. The summed E-state index contributed by atoms with van der Waals surface area (Å²) < 4.78 is 17.6. The molecule has 1 heterocycles. The molecule has 1 aromatic carbocycles. The van der Waals surface area contributed by atoms with Crippen molar-refractivity contribution in [2.45, 2.75) is 57.2 Å². The predicted octanol–water partition coefficient (Wildman–Crippen LogP) is 3.18. The average molecular weight is 300 g/mol. The normalized spacial score (nSPS) is 24.1. The second-order valence-electron chi connectivity index (χ2n) is 7.42. The van der Waals surface area contributed by atoms with Gasteiger partial charge in [0.15, 0.2) is 0 Å². The molecule has 0 bridgehead atoms. The smallest absolute Gasteiger partial charge is 0.494 e. The number of benzene rings is 1. The molecular formula is C18H25BO3. The van der Waals surface area contributed by atoms with Gasteiger partial charge in [0.1, 0.15) is 0 Å². The van der Waals surface area contributed by atoms with E-state index in [0.29, 0.717) is 0 Å². The monoisotopic (exact) mass is 300 g/mol. The summed E-state index contributed by atoms with van der Waals surface area (Å²) in [6.07, 6.45) is 2.21. The first-order chi connectivity index (χ1) is 10.2. The molecule has 22 heavy (non-hydrogen) atoms. The van der Waals surface area contributed by atoms with Crippen LogP contribution in [-0.4, -0.2) is 25.4 Å². The van der Waals surface area contributed by atoms with E-state index in [1.807, 2.05) is 0 Å². The zero-order chi connectivity index (χ0) is 16.2. The van der Waals surface area contributed by atoms with E-state index in [0.717, 1.165) is 24.1 Å². The Bertz CT molecular complexity index is 569. The van der Waals surface area contributed by atoms with Gasteiger partial charge in [0.25, 0.3) is 0 Å². The van der Waals surface area contributed by atoms with Crippen molar-refractivity contribution in [2.75, 3.05) is 7.11 Å². The van der Waals surface area contributed by atoms with Crippen molar-refractivity contribution in [3.05, 3.63) is 42.2 Å². The molecule has 2 fully saturated rings. The van der Waals surface area contributed by atoms with Crippen LogP contribution in [-0.2, 0) is 19.5 Å². The largest absolute Gasteiger partial charge is 0.501 e. The van der Waals surface area contributed by atoms with Crippen molar-refractivity contribution in [1.29, 1.82) is 0 Å². The van der Waals surface area contributed by atoms with Crippen LogP contribution in [0.2, 0.25) is 0 Å².